The lowest BCUT2D eigenvalue weighted by Crippen LogP contribution is -2.26. The van der Waals surface area contributed by atoms with Crippen molar-refractivity contribution in [2.75, 3.05) is 12.8 Å². The molecule has 6 nitrogen and oxygen atoms in total. The number of sulfone groups is 1. The average Bonchev–Trinajstić information content (AvgIpc) is 2.35. The molecule has 0 saturated carbocycles. The number of rotatable bonds is 6. The summed E-state index contributed by atoms with van der Waals surface area (Å²) in [6.07, 6.45) is 0.901. The van der Waals surface area contributed by atoms with E-state index in [1.54, 1.807) is 0 Å². The van der Waals surface area contributed by atoms with Gasteiger partial charge in [0.25, 0.3) is 5.91 Å². The van der Waals surface area contributed by atoms with Gasteiger partial charge in [-0.05, 0) is 18.6 Å². The molecule has 0 fully saturated rings. The lowest BCUT2D eigenvalue weighted by atomic mass is 10.2. The van der Waals surface area contributed by atoms with E-state index in [-0.39, 0.29) is 23.9 Å². The van der Waals surface area contributed by atoms with Crippen LogP contribution in [0.3, 0.4) is 0 Å². The molecule has 9 heteroatoms. The minimum absolute atomic E-state index is 0.0469. The fourth-order valence-electron chi connectivity index (χ4n) is 1.54. The summed E-state index contributed by atoms with van der Waals surface area (Å²) in [5.74, 6) is -2.93. The number of carbonyl (C=O) groups is 2. The van der Waals surface area contributed by atoms with Gasteiger partial charge in [0, 0.05) is 23.7 Å². The Morgan fingerprint density at radius 2 is 2.00 bits per heavy atom. The van der Waals surface area contributed by atoms with E-state index in [2.05, 4.69) is 21.2 Å². The fraction of sp³-hybridized carbons (Fsp3) is 0.333. The van der Waals surface area contributed by atoms with Gasteiger partial charge in [0.1, 0.15) is 4.90 Å². The third kappa shape index (κ3) is 5.09. The second-order valence-electron chi connectivity index (χ2n) is 4.29. The first-order valence-corrected chi connectivity index (χ1v) is 8.50. The zero-order chi connectivity index (χ0) is 16.2. The van der Waals surface area contributed by atoms with Crippen LogP contribution in [0.5, 0.6) is 0 Å². The second-order valence-corrected chi connectivity index (χ2v) is 7.19. The molecule has 116 valence electrons. The Morgan fingerprint density at radius 3 is 2.52 bits per heavy atom. The molecule has 1 rings (SSSR count). The summed E-state index contributed by atoms with van der Waals surface area (Å²) >= 11 is 3.02. The van der Waals surface area contributed by atoms with E-state index in [0.717, 1.165) is 18.4 Å². The summed E-state index contributed by atoms with van der Waals surface area (Å²) in [5, 5.41) is 10.8. The summed E-state index contributed by atoms with van der Waals surface area (Å²) in [6, 6.07) is 2.24. The molecule has 0 radical (unpaired) electrons. The monoisotopic (exact) mass is 381 g/mol. The third-order valence-corrected chi connectivity index (χ3v) is 4.05. The van der Waals surface area contributed by atoms with Crippen molar-refractivity contribution in [3.63, 3.8) is 0 Å². The molecule has 0 unspecified atom stereocenters. The maximum atomic E-state index is 14.1. The molecule has 1 aromatic carbocycles. The SMILES string of the molecule is CS(=O)(=O)c1cc(Br)cc(C(=O)NCCCC(=O)O)c1F. The number of amides is 1. The molecule has 0 bridgehead atoms. The van der Waals surface area contributed by atoms with E-state index in [1.807, 2.05) is 0 Å². The van der Waals surface area contributed by atoms with Crippen molar-refractivity contribution in [1.29, 1.82) is 0 Å². The molecule has 1 aromatic rings. The normalized spacial score (nSPS) is 11.2. The van der Waals surface area contributed by atoms with Crippen molar-refractivity contribution in [2.24, 2.45) is 0 Å². The van der Waals surface area contributed by atoms with Crippen LogP contribution in [0, 0.1) is 5.82 Å². The van der Waals surface area contributed by atoms with Crippen LogP contribution < -0.4 is 5.32 Å². The number of carboxylic acids is 1. The molecular formula is C12H13BrFNO5S. The largest absolute Gasteiger partial charge is 0.481 e. The predicted octanol–water partition coefficient (Wildman–Crippen LogP) is 1.59. The van der Waals surface area contributed by atoms with Crippen LogP contribution in [0.1, 0.15) is 23.2 Å². The van der Waals surface area contributed by atoms with Gasteiger partial charge >= 0.3 is 5.97 Å². The van der Waals surface area contributed by atoms with Crippen LogP contribution in [0.15, 0.2) is 21.5 Å². The maximum absolute atomic E-state index is 14.1. The predicted molar refractivity (Wildman–Crippen MR) is 76.4 cm³/mol. The number of hydrogen-bond donors (Lipinski definition) is 2. The highest BCUT2D eigenvalue weighted by atomic mass is 79.9. The maximum Gasteiger partial charge on any atom is 0.303 e. The molecule has 0 saturated heterocycles. The highest BCUT2D eigenvalue weighted by Gasteiger charge is 2.22. The quantitative estimate of drug-likeness (QED) is 0.728. The summed E-state index contributed by atoms with van der Waals surface area (Å²) in [4.78, 5) is 21.6. The van der Waals surface area contributed by atoms with Crippen molar-refractivity contribution >= 4 is 37.6 Å². The second kappa shape index (κ2) is 6.99. The van der Waals surface area contributed by atoms with E-state index in [0.29, 0.717) is 0 Å². The van der Waals surface area contributed by atoms with E-state index in [9.17, 15) is 22.4 Å². The lowest BCUT2D eigenvalue weighted by Gasteiger charge is -2.09. The molecule has 0 aliphatic heterocycles. The first-order chi connectivity index (χ1) is 9.62. The molecule has 0 atom stereocenters. The summed E-state index contributed by atoms with van der Waals surface area (Å²) in [6.45, 7) is 0.0469. The van der Waals surface area contributed by atoms with Gasteiger partial charge in [-0.3, -0.25) is 9.59 Å². The lowest BCUT2D eigenvalue weighted by molar-refractivity contribution is -0.137. The fourth-order valence-corrected chi connectivity index (χ4v) is 2.92. The molecule has 0 spiro atoms. The van der Waals surface area contributed by atoms with Gasteiger partial charge < -0.3 is 10.4 Å². The molecule has 2 N–H and O–H groups in total. The Morgan fingerprint density at radius 1 is 1.38 bits per heavy atom. The highest BCUT2D eigenvalue weighted by Crippen LogP contribution is 2.24. The Hall–Kier alpha value is -1.48. The van der Waals surface area contributed by atoms with Gasteiger partial charge in [-0.2, -0.15) is 0 Å². The Labute approximate surface area is 129 Å². The van der Waals surface area contributed by atoms with Crippen molar-refractivity contribution in [2.45, 2.75) is 17.7 Å². The van der Waals surface area contributed by atoms with Gasteiger partial charge in [-0.1, -0.05) is 15.9 Å². The first kappa shape index (κ1) is 17.6. The number of halogens is 2. The summed E-state index contributed by atoms with van der Waals surface area (Å²) in [7, 11) is -3.81. The van der Waals surface area contributed by atoms with Gasteiger partial charge in [-0.25, -0.2) is 12.8 Å². The van der Waals surface area contributed by atoms with Gasteiger partial charge in [0.15, 0.2) is 15.7 Å². The zero-order valence-corrected chi connectivity index (χ0v) is 13.4. The number of aliphatic carboxylic acids is 1. The van der Waals surface area contributed by atoms with Crippen LogP contribution in [0.2, 0.25) is 0 Å². The first-order valence-electron chi connectivity index (χ1n) is 5.82. The smallest absolute Gasteiger partial charge is 0.303 e. The zero-order valence-electron chi connectivity index (χ0n) is 11.0. The number of carbonyl (C=O) groups excluding carboxylic acids is 1. The van der Waals surface area contributed by atoms with E-state index >= 15 is 0 Å². The van der Waals surface area contributed by atoms with Crippen molar-refractivity contribution < 1.29 is 27.5 Å². The Bertz CT molecular complexity index is 674. The molecule has 0 aliphatic rings. The molecule has 0 aliphatic carbocycles. The molecular weight excluding hydrogens is 369 g/mol. The molecule has 21 heavy (non-hydrogen) atoms. The Balaban J connectivity index is 2.95. The minimum atomic E-state index is -3.81. The average molecular weight is 382 g/mol. The van der Waals surface area contributed by atoms with Crippen LogP contribution in [-0.2, 0) is 14.6 Å². The van der Waals surface area contributed by atoms with Crippen molar-refractivity contribution in [3.05, 3.63) is 28.0 Å². The topological polar surface area (TPSA) is 101 Å². The van der Waals surface area contributed by atoms with E-state index in [1.165, 1.54) is 0 Å². The third-order valence-electron chi connectivity index (χ3n) is 2.50. The number of hydrogen-bond acceptors (Lipinski definition) is 4. The number of benzene rings is 1. The molecule has 0 aromatic heterocycles. The minimum Gasteiger partial charge on any atom is -0.481 e. The summed E-state index contributed by atoms with van der Waals surface area (Å²) in [5.41, 5.74) is -0.417. The number of carboxylic acid groups (broad SMARTS) is 1. The standard InChI is InChI=1S/C12H13BrFNO5S/c1-21(19,20)9-6-7(13)5-8(11(9)14)12(18)15-4-2-3-10(16)17/h5-6H,2-4H2,1H3,(H,15,18)(H,16,17). The van der Waals surface area contributed by atoms with Gasteiger partial charge in [-0.15, -0.1) is 0 Å². The van der Waals surface area contributed by atoms with Gasteiger partial charge in [0.2, 0.25) is 0 Å². The van der Waals surface area contributed by atoms with Crippen LogP contribution in [0.25, 0.3) is 0 Å². The van der Waals surface area contributed by atoms with Crippen LogP contribution in [-0.4, -0.2) is 38.2 Å². The molecule has 1 amide bonds. The van der Waals surface area contributed by atoms with Gasteiger partial charge in [0.05, 0.1) is 5.56 Å². The Kier molecular flexibility index (Phi) is 5.85. The van der Waals surface area contributed by atoms with Crippen LogP contribution in [0.4, 0.5) is 4.39 Å². The number of nitrogens with one attached hydrogen (secondary N) is 1. The van der Waals surface area contributed by atoms with E-state index < -0.39 is 38.0 Å². The van der Waals surface area contributed by atoms with Crippen LogP contribution >= 0.6 is 15.9 Å². The van der Waals surface area contributed by atoms with Crippen molar-refractivity contribution in [3.8, 4) is 0 Å². The summed E-state index contributed by atoms with van der Waals surface area (Å²) < 4.78 is 37.2. The molecule has 0 heterocycles. The highest BCUT2D eigenvalue weighted by molar-refractivity contribution is 9.10. The van der Waals surface area contributed by atoms with Crippen molar-refractivity contribution in [1.82, 2.24) is 5.32 Å². The van der Waals surface area contributed by atoms with E-state index in [4.69, 9.17) is 5.11 Å².